The lowest BCUT2D eigenvalue weighted by atomic mass is 9.91. The number of hydrogen-bond acceptors (Lipinski definition) is 3. The molecular formula is C13H20ClNO2. The molecule has 0 aliphatic carbocycles. The summed E-state index contributed by atoms with van der Waals surface area (Å²) in [5.41, 5.74) is 6.81. The molecule has 4 heteroatoms. The molecule has 0 radical (unpaired) electrons. The summed E-state index contributed by atoms with van der Waals surface area (Å²) in [6.45, 7) is 4.00. The van der Waals surface area contributed by atoms with Crippen LogP contribution in [0.25, 0.3) is 0 Å². The molecule has 1 aromatic carbocycles. The second-order valence-corrected chi connectivity index (χ2v) is 4.72. The van der Waals surface area contributed by atoms with Crippen LogP contribution in [0.2, 0.25) is 5.02 Å². The second kappa shape index (κ2) is 6.24. The Balaban J connectivity index is 3.01. The minimum Gasteiger partial charge on any atom is -0.496 e. The zero-order valence-electron chi connectivity index (χ0n) is 10.5. The van der Waals surface area contributed by atoms with Gasteiger partial charge in [-0.2, -0.15) is 0 Å². The highest BCUT2D eigenvalue weighted by Gasteiger charge is 2.24. The summed E-state index contributed by atoms with van der Waals surface area (Å²) in [5, 5.41) is 10.7. The number of ether oxygens (including phenoxy) is 1. The minimum atomic E-state index is -0.604. The summed E-state index contributed by atoms with van der Waals surface area (Å²) in [6.07, 6.45) is 0.268. The fourth-order valence-electron chi connectivity index (χ4n) is 1.75. The average Bonchev–Trinajstić information content (AvgIpc) is 2.35. The molecule has 0 amide bonds. The van der Waals surface area contributed by atoms with E-state index in [1.54, 1.807) is 25.3 Å². The lowest BCUT2D eigenvalue weighted by Gasteiger charge is -2.25. The Labute approximate surface area is 108 Å². The van der Waals surface area contributed by atoms with E-state index in [4.69, 9.17) is 22.1 Å². The van der Waals surface area contributed by atoms with Gasteiger partial charge in [0, 0.05) is 10.6 Å². The summed E-state index contributed by atoms with van der Waals surface area (Å²) in [5.74, 6) is 0.790. The van der Waals surface area contributed by atoms with Gasteiger partial charge in [0.1, 0.15) is 5.75 Å². The summed E-state index contributed by atoms with van der Waals surface area (Å²) in [6, 6.07) is 4.77. The molecule has 0 heterocycles. The smallest absolute Gasteiger partial charge is 0.123 e. The third kappa shape index (κ3) is 3.35. The highest BCUT2D eigenvalue weighted by Crippen LogP contribution is 2.31. The second-order valence-electron chi connectivity index (χ2n) is 4.29. The largest absolute Gasteiger partial charge is 0.496 e. The molecule has 0 aliphatic heterocycles. The van der Waals surface area contributed by atoms with Gasteiger partial charge in [0.15, 0.2) is 0 Å². The Morgan fingerprint density at radius 1 is 1.47 bits per heavy atom. The number of rotatable bonds is 5. The highest BCUT2D eigenvalue weighted by atomic mass is 35.5. The molecule has 0 fully saturated rings. The first-order valence-corrected chi connectivity index (χ1v) is 6.16. The maximum absolute atomic E-state index is 10.1. The number of methoxy groups -OCH3 is 1. The number of aliphatic hydroxyl groups excluding tert-OH is 1. The lowest BCUT2D eigenvalue weighted by Crippen LogP contribution is -2.31. The van der Waals surface area contributed by atoms with Crippen LogP contribution >= 0.6 is 11.6 Å². The Morgan fingerprint density at radius 2 is 2.12 bits per heavy atom. The standard InChI is InChI=1S/C13H20ClNO2/c1-4-8(2)13(16)12(15)10-7-9(14)5-6-11(10)17-3/h5-8,12-13,16H,4,15H2,1-3H3/t8?,12-,13+/m0/s1. The molecule has 17 heavy (non-hydrogen) atoms. The topological polar surface area (TPSA) is 55.5 Å². The van der Waals surface area contributed by atoms with Crippen molar-refractivity contribution < 1.29 is 9.84 Å². The van der Waals surface area contributed by atoms with E-state index < -0.39 is 12.1 Å². The third-order valence-corrected chi connectivity index (χ3v) is 3.38. The van der Waals surface area contributed by atoms with Gasteiger partial charge in [-0.25, -0.2) is 0 Å². The van der Waals surface area contributed by atoms with Crippen LogP contribution in [0, 0.1) is 5.92 Å². The van der Waals surface area contributed by atoms with Crippen molar-refractivity contribution in [3.63, 3.8) is 0 Å². The van der Waals surface area contributed by atoms with Gasteiger partial charge >= 0.3 is 0 Å². The molecular weight excluding hydrogens is 238 g/mol. The van der Waals surface area contributed by atoms with E-state index in [-0.39, 0.29) is 5.92 Å². The Hall–Kier alpha value is -0.770. The molecule has 1 unspecified atom stereocenters. The maximum atomic E-state index is 10.1. The fourth-order valence-corrected chi connectivity index (χ4v) is 1.93. The first-order chi connectivity index (χ1) is 8.01. The summed E-state index contributed by atoms with van der Waals surface area (Å²) < 4.78 is 5.24. The van der Waals surface area contributed by atoms with E-state index in [1.807, 2.05) is 13.8 Å². The highest BCUT2D eigenvalue weighted by molar-refractivity contribution is 6.30. The van der Waals surface area contributed by atoms with Gasteiger partial charge in [-0.3, -0.25) is 0 Å². The number of nitrogens with two attached hydrogens (primary N) is 1. The lowest BCUT2D eigenvalue weighted by molar-refractivity contribution is 0.0871. The van der Waals surface area contributed by atoms with Crippen LogP contribution in [0.3, 0.4) is 0 Å². The predicted molar refractivity (Wildman–Crippen MR) is 70.4 cm³/mol. The van der Waals surface area contributed by atoms with Crippen LogP contribution < -0.4 is 10.5 Å². The normalized spacial score (nSPS) is 16.4. The van der Waals surface area contributed by atoms with Crippen LogP contribution in [0.5, 0.6) is 5.75 Å². The van der Waals surface area contributed by atoms with Gasteiger partial charge in [0.05, 0.1) is 19.3 Å². The zero-order chi connectivity index (χ0) is 13.0. The van der Waals surface area contributed by atoms with Crippen LogP contribution in [-0.2, 0) is 0 Å². The average molecular weight is 258 g/mol. The third-order valence-electron chi connectivity index (χ3n) is 3.15. The first kappa shape index (κ1) is 14.3. The molecule has 3 nitrogen and oxygen atoms in total. The van der Waals surface area contributed by atoms with E-state index in [0.717, 1.165) is 12.0 Å². The quantitative estimate of drug-likeness (QED) is 0.853. The number of benzene rings is 1. The molecule has 1 aromatic rings. The number of halogens is 1. The van der Waals surface area contributed by atoms with Crippen molar-refractivity contribution in [2.75, 3.05) is 7.11 Å². The van der Waals surface area contributed by atoms with Crippen LogP contribution in [0.1, 0.15) is 31.9 Å². The maximum Gasteiger partial charge on any atom is 0.123 e. The van der Waals surface area contributed by atoms with Gasteiger partial charge < -0.3 is 15.6 Å². The van der Waals surface area contributed by atoms with Crippen molar-refractivity contribution in [1.82, 2.24) is 0 Å². The first-order valence-electron chi connectivity index (χ1n) is 5.78. The van der Waals surface area contributed by atoms with Crippen LogP contribution in [0.4, 0.5) is 0 Å². The monoisotopic (exact) mass is 257 g/mol. The van der Waals surface area contributed by atoms with Gasteiger partial charge in [-0.15, -0.1) is 0 Å². The predicted octanol–water partition coefficient (Wildman–Crippen LogP) is 2.76. The molecule has 96 valence electrons. The molecule has 1 rings (SSSR count). The zero-order valence-corrected chi connectivity index (χ0v) is 11.2. The molecule has 0 aromatic heterocycles. The van der Waals surface area contributed by atoms with Crippen LogP contribution in [-0.4, -0.2) is 18.3 Å². The van der Waals surface area contributed by atoms with E-state index >= 15 is 0 Å². The molecule has 0 saturated carbocycles. The van der Waals surface area contributed by atoms with Crippen molar-refractivity contribution >= 4 is 11.6 Å². The van der Waals surface area contributed by atoms with Gasteiger partial charge in [0.2, 0.25) is 0 Å². The molecule has 0 saturated heterocycles. The summed E-state index contributed by atoms with van der Waals surface area (Å²) >= 11 is 5.94. The van der Waals surface area contributed by atoms with Crippen molar-refractivity contribution in [2.24, 2.45) is 11.7 Å². The van der Waals surface area contributed by atoms with E-state index in [9.17, 15) is 5.11 Å². The fraction of sp³-hybridized carbons (Fsp3) is 0.538. The number of aliphatic hydroxyl groups is 1. The molecule has 3 atom stereocenters. The van der Waals surface area contributed by atoms with E-state index in [2.05, 4.69) is 0 Å². The summed E-state index contributed by atoms with van der Waals surface area (Å²) in [4.78, 5) is 0. The Bertz CT molecular complexity index is 370. The van der Waals surface area contributed by atoms with E-state index in [1.165, 1.54) is 0 Å². The molecule has 3 N–H and O–H groups in total. The molecule has 0 aliphatic rings. The van der Waals surface area contributed by atoms with Gasteiger partial charge in [-0.05, 0) is 24.1 Å². The van der Waals surface area contributed by atoms with E-state index in [0.29, 0.717) is 10.8 Å². The van der Waals surface area contributed by atoms with Crippen molar-refractivity contribution in [1.29, 1.82) is 0 Å². The van der Waals surface area contributed by atoms with Crippen molar-refractivity contribution in [3.8, 4) is 5.75 Å². The molecule has 0 bridgehead atoms. The number of hydrogen-bond donors (Lipinski definition) is 2. The van der Waals surface area contributed by atoms with Crippen molar-refractivity contribution in [3.05, 3.63) is 28.8 Å². The van der Waals surface area contributed by atoms with Crippen LogP contribution in [0.15, 0.2) is 18.2 Å². The van der Waals surface area contributed by atoms with Crippen molar-refractivity contribution in [2.45, 2.75) is 32.4 Å². The Kier molecular flexibility index (Phi) is 5.25. The summed E-state index contributed by atoms with van der Waals surface area (Å²) in [7, 11) is 1.58. The molecule has 0 spiro atoms. The Morgan fingerprint density at radius 3 is 2.65 bits per heavy atom. The SMILES string of the molecule is CCC(C)[C@@H](O)[C@@H](N)c1cc(Cl)ccc1OC. The minimum absolute atomic E-state index is 0.133. The van der Waals surface area contributed by atoms with Gasteiger partial charge in [0.25, 0.3) is 0 Å². The van der Waals surface area contributed by atoms with Gasteiger partial charge in [-0.1, -0.05) is 31.9 Å².